The number of amides is 1. The Morgan fingerprint density at radius 2 is 1.32 bits per heavy atom. The summed E-state index contributed by atoms with van der Waals surface area (Å²) in [7, 11) is 1.62. The molecule has 0 radical (unpaired) electrons. The molecule has 3 aromatic rings. The smallest absolute Gasteiger partial charge is 0.255 e. The number of hydrogen-bond acceptors (Lipinski definition) is 4. The van der Waals surface area contributed by atoms with Crippen LogP contribution in [0, 0.1) is 0 Å². The summed E-state index contributed by atoms with van der Waals surface area (Å²) >= 11 is 0. The number of ether oxygens (including phenoxy) is 1. The van der Waals surface area contributed by atoms with E-state index in [1.165, 1.54) is 11.1 Å². The maximum Gasteiger partial charge on any atom is 0.255 e. The summed E-state index contributed by atoms with van der Waals surface area (Å²) in [4.78, 5) is 17.5. The van der Waals surface area contributed by atoms with E-state index in [0.29, 0.717) is 5.56 Å². The molecule has 0 spiro atoms. The van der Waals surface area contributed by atoms with Crippen LogP contribution in [0.4, 0.5) is 5.69 Å². The van der Waals surface area contributed by atoms with Crippen LogP contribution in [-0.2, 0) is 13.1 Å². The second-order valence-electron chi connectivity index (χ2n) is 7.92. The van der Waals surface area contributed by atoms with Gasteiger partial charge >= 0.3 is 0 Å². The number of benzene rings is 3. The van der Waals surface area contributed by atoms with Crippen LogP contribution in [0.5, 0.6) is 5.75 Å². The lowest BCUT2D eigenvalue weighted by Gasteiger charge is -2.34. The molecule has 0 bridgehead atoms. The molecule has 1 aliphatic heterocycles. The predicted molar refractivity (Wildman–Crippen MR) is 124 cm³/mol. The average molecular weight is 416 g/mol. The number of nitrogens with one attached hydrogen (secondary N) is 1. The molecule has 0 aromatic heterocycles. The number of anilines is 1. The zero-order valence-corrected chi connectivity index (χ0v) is 18.0. The van der Waals surface area contributed by atoms with Crippen molar-refractivity contribution >= 4 is 11.6 Å². The summed E-state index contributed by atoms with van der Waals surface area (Å²) in [6.45, 7) is 6.22. The third-order valence-electron chi connectivity index (χ3n) is 5.68. The monoisotopic (exact) mass is 415 g/mol. The minimum Gasteiger partial charge on any atom is -0.497 e. The molecule has 0 atom stereocenters. The van der Waals surface area contributed by atoms with Crippen LogP contribution in [-0.4, -0.2) is 49.0 Å². The highest BCUT2D eigenvalue weighted by atomic mass is 16.5. The second kappa shape index (κ2) is 10.2. The molecule has 1 amide bonds. The average Bonchev–Trinajstić information content (AvgIpc) is 2.82. The first-order valence-corrected chi connectivity index (χ1v) is 10.7. The van der Waals surface area contributed by atoms with Crippen molar-refractivity contribution in [1.82, 2.24) is 9.80 Å². The lowest BCUT2D eigenvalue weighted by molar-refractivity contribution is 0.102. The largest absolute Gasteiger partial charge is 0.497 e. The van der Waals surface area contributed by atoms with E-state index in [9.17, 15) is 4.79 Å². The fourth-order valence-electron chi connectivity index (χ4n) is 3.84. The molecule has 1 fully saturated rings. The van der Waals surface area contributed by atoms with Crippen molar-refractivity contribution < 1.29 is 9.53 Å². The summed E-state index contributed by atoms with van der Waals surface area (Å²) in [5, 5.41) is 2.92. The van der Waals surface area contributed by atoms with Gasteiger partial charge in [-0.15, -0.1) is 0 Å². The Labute approximate surface area is 184 Å². The lowest BCUT2D eigenvalue weighted by Crippen LogP contribution is -2.45. The maximum atomic E-state index is 12.5. The molecule has 160 valence electrons. The van der Waals surface area contributed by atoms with E-state index < -0.39 is 0 Å². The van der Waals surface area contributed by atoms with E-state index in [1.54, 1.807) is 7.11 Å². The molecule has 31 heavy (non-hydrogen) atoms. The minimum absolute atomic E-state index is 0.105. The molecule has 1 saturated heterocycles. The summed E-state index contributed by atoms with van der Waals surface area (Å²) in [6.07, 6.45) is 0. The maximum absolute atomic E-state index is 12.5. The molecule has 0 unspecified atom stereocenters. The normalized spacial score (nSPS) is 14.9. The lowest BCUT2D eigenvalue weighted by atomic mass is 10.1. The molecule has 0 aliphatic carbocycles. The predicted octanol–water partition coefficient (Wildman–Crippen LogP) is 4.27. The summed E-state index contributed by atoms with van der Waals surface area (Å²) in [5.41, 5.74) is 4.02. The standard InChI is InChI=1S/C26H29N3O2/c1-31-25-13-11-24(12-14-25)27-26(30)23-9-7-22(8-10-23)20-29-17-15-28(16-18-29)19-21-5-3-2-4-6-21/h2-14H,15-20H2,1H3,(H,27,30). The molecular weight excluding hydrogens is 386 g/mol. The minimum atomic E-state index is -0.105. The number of piperazine rings is 1. The molecule has 1 aliphatic rings. The van der Waals surface area contributed by atoms with E-state index in [-0.39, 0.29) is 5.91 Å². The first kappa shape index (κ1) is 21.1. The summed E-state index contributed by atoms with van der Waals surface area (Å²) in [5.74, 6) is 0.662. The van der Waals surface area contributed by atoms with Crippen molar-refractivity contribution in [1.29, 1.82) is 0 Å². The van der Waals surface area contributed by atoms with Crippen LogP contribution in [0.15, 0.2) is 78.9 Å². The van der Waals surface area contributed by atoms with Gasteiger partial charge in [-0.2, -0.15) is 0 Å². The molecule has 1 N–H and O–H groups in total. The number of carbonyl (C=O) groups is 1. The van der Waals surface area contributed by atoms with Gasteiger partial charge in [-0.3, -0.25) is 14.6 Å². The van der Waals surface area contributed by atoms with Crippen molar-refractivity contribution in [2.45, 2.75) is 13.1 Å². The first-order chi connectivity index (χ1) is 15.2. The summed E-state index contributed by atoms with van der Waals surface area (Å²) in [6, 6.07) is 25.9. The molecule has 5 heteroatoms. The Kier molecular flexibility index (Phi) is 6.97. The van der Waals surface area contributed by atoms with Gasteiger partial charge in [0.1, 0.15) is 5.75 Å². The van der Waals surface area contributed by atoms with Gasteiger partial charge in [0.2, 0.25) is 0 Å². The number of hydrogen-bond donors (Lipinski definition) is 1. The van der Waals surface area contributed by atoms with Crippen LogP contribution < -0.4 is 10.1 Å². The van der Waals surface area contributed by atoms with Crippen molar-refractivity contribution in [3.8, 4) is 5.75 Å². The van der Waals surface area contributed by atoms with E-state index in [2.05, 4.69) is 57.6 Å². The van der Waals surface area contributed by atoms with Gasteiger partial charge < -0.3 is 10.1 Å². The Morgan fingerprint density at radius 1 is 0.774 bits per heavy atom. The quantitative estimate of drug-likeness (QED) is 0.626. The topological polar surface area (TPSA) is 44.8 Å². The van der Waals surface area contributed by atoms with Gasteiger partial charge in [0.15, 0.2) is 0 Å². The van der Waals surface area contributed by atoms with Gasteiger partial charge in [-0.05, 0) is 47.5 Å². The van der Waals surface area contributed by atoms with Gasteiger partial charge in [0.05, 0.1) is 7.11 Å². The SMILES string of the molecule is COc1ccc(NC(=O)c2ccc(CN3CCN(Cc4ccccc4)CC3)cc2)cc1. The van der Waals surface area contributed by atoms with Gasteiger partial charge in [0, 0.05) is 50.5 Å². The van der Waals surface area contributed by atoms with Crippen LogP contribution in [0.2, 0.25) is 0 Å². The van der Waals surface area contributed by atoms with Crippen LogP contribution in [0.3, 0.4) is 0 Å². The fraction of sp³-hybridized carbons (Fsp3) is 0.269. The summed E-state index contributed by atoms with van der Waals surface area (Å²) < 4.78 is 5.15. The molecule has 5 nitrogen and oxygen atoms in total. The first-order valence-electron chi connectivity index (χ1n) is 10.7. The number of nitrogens with zero attached hydrogens (tertiary/aromatic N) is 2. The highest BCUT2D eigenvalue weighted by molar-refractivity contribution is 6.04. The third-order valence-corrected chi connectivity index (χ3v) is 5.68. The molecule has 0 saturated carbocycles. The van der Waals surface area contributed by atoms with Gasteiger partial charge in [-0.25, -0.2) is 0 Å². The Morgan fingerprint density at radius 3 is 1.87 bits per heavy atom. The fourth-order valence-corrected chi connectivity index (χ4v) is 3.84. The number of carbonyl (C=O) groups excluding carboxylic acids is 1. The molecular formula is C26H29N3O2. The third kappa shape index (κ3) is 5.94. The highest BCUT2D eigenvalue weighted by Gasteiger charge is 2.17. The van der Waals surface area contributed by atoms with E-state index >= 15 is 0 Å². The Hall–Kier alpha value is -3.15. The van der Waals surface area contributed by atoms with Crippen molar-refractivity contribution in [2.75, 3.05) is 38.6 Å². The molecule has 4 rings (SSSR count). The van der Waals surface area contributed by atoms with Crippen LogP contribution >= 0.6 is 0 Å². The highest BCUT2D eigenvalue weighted by Crippen LogP contribution is 2.17. The number of rotatable bonds is 7. The Bertz CT molecular complexity index is 964. The van der Waals surface area contributed by atoms with Crippen LogP contribution in [0.25, 0.3) is 0 Å². The zero-order chi connectivity index (χ0) is 21.5. The van der Waals surface area contributed by atoms with Crippen LogP contribution in [0.1, 0.15) is 21.5 Å². The van der Waals surface area contributed by atoms with Gasteiger partial charge in [-0.1, -0.05) is 42.5 Å². The van der Waals surface area contributed by atoms with E-state index in [1.807, 2.05) is 36.4 Å². The van der Waals surface area contributed by atoms with E-state index in [0.717, 1.165) is 50.7 Å². The van der Waals surface area contributed by atoms with E-state index in [4.69, 9.17) is 4.74 Å². The Balaban J connectivity index is 1.25. The zero-order valence-electron chi connectivity index (χ0n) is 18.0. The number of methoxy groups -OCH3 is 1. The second-order valence-corrected chi connectivity index (χ2v) is 7.92. The van der Waals surface area contributed by atoms with Gasteiger partial charge in [0.25, 0.3) is 5.91 Å². The molecule has 1 heterocycles. The van der Waals surface area contributed by atoms with Crippen molar-refractivity contribution in [3.63, 3.8) is 0 Å². The molecule has 3 aromatic carbocycles. The van der Waals surface area contributed by atoms with Crippen molar-refractivity contribution in [2.24, 2.45) is 0 Å². The van der Waals surface area contributed by atoms with Crippen molar-refractivity contribution in [3.05, 3.63) is 95.6 Å².